The average Bonchev–Trinajstić information content (AvgIpc) is 3.93. The molecule has 68 heavy (non-hydrogen) atoms. The number of pyridine rings is 1. The van der Waals surface area contributed by atoms with E-state index >= 15 is 0 Å². The summed E-state index contributed by atoms with van der Waals surface area (Å²) in [5.74, 6) is -1.44. The normalized spacial score (nSPS) is 24.2. The van der Waals surface area contributed by atoms with Crippen LogP contribution in [0.4, 0.5) is 21.5 Å². The number of hydrogen-bond donors (Lipinski definition) is 5. The summed E-state index contributed by atoms with van der Waals surface area (Å²) in [4.78, 5) is 37.1. The molecule has 16 nitrogen and oxygen atoms in total. The monoisotopic (exact) mass is 951 g/mol. The van der Waals surface area contributed by atoms with Crippen LogP contribution >= 0.6 is 0 Å². The molecule has 2 saturated carbocycles. The van der Waals surface area contributed by atoms with E-state index in [1.807, 2.05) is 26.0 Å². The molecule has 3 aromatic carbocycles. The van der Waals surface area contributed by atoms with Crippen LogP contribution in [0.2, 0.25) is 0 Å². The third-order valence-electron chi connectivity index (χ3n) is 15.4. The highest BCUT2D eigenvalue weighted by Gasteiger charge is 2.50. The second-order valence-corrected chi connectivity index (χ2v) is 22.2. The highest BCUT2D eigenvalue weighted by Crippen LogP contribution is 2.54. The molecule has 360 valence electrons. The zero-order valence-electron chi connectivity index (χ0n) is 38.5. The van der Waals surface area contributed by atoms with Gasteiger partial charge in [0, 0.05) is 55.3 Å². The number of carbonyl (C=O) groups excluding carboxylic acids is 1. The Hall–Kier alpha value is -5.82. The summed E-state index contributed by atoms with van der Waals surface area (Å²) >= 11 is 0. The molecule has 0 radical (unpaired) electrons. The van der Waals surface area contributed by atoms with Crippen LogP contribution in [-0.4, -0.2) is 88.3 Å². The van der Waals surface area contributed by atoms with Gasteiger partial charge in [-0.3, -0.25) is 19.8 Å². The maximum atomic E-state index is 14.7. The second-order valence-electron chi connectivity index (χ2n) is 20.5. The number of likely N-dealkylation sites (tertiary alicyclic amines) is 1. The van der Waals surface area contributed by atoms with Gasteiger partial charge in [0.1, 0.15) is 29.6 Å². The molecule has 5 N–H and O–H groups in total. The maximum Gasteiger partial charge on any atom is 0.297 e. The van der Waals surface area contributed by atoms with E-state index in [-0.39, 0.29) is 63.9 Å². The number of nitrogens with zero attached hydrogens (tertiary/aromatic N) is 4. The minimum atomic E-state index is -4.73. The number of rotatable bonds is 11. The number of halogens is 1. The first-order chi connectivity index (χ1) is 32.4. The number of aromatic nitrogens is 2. The smallest absolute Gasteiger partial charge is 0.297 e. The van der Waals surface area contributed by atoms with Gasteiger partial charge >= 0.3 is 0 Å². The highest BCUT2D eigenvalue weighted by atomic mass is 32.2. The van der Waals surface area contributed by atoms with Crippen LogP contribution < -0.4 is 24.4 Å². The quantitative estimate of drug-likeness (QED) is 0.0622. The molecular weight excluding hydrogens is 894 g/mol. The Balaban J connectivity index is 0.862. The zero-order valence-corrected chi connectivity index (χ0v) is 39.3. The molecule has 2 aliphatic carbocycles. The molecule has 2 saturated heterocycles. The van der Waals surface area contributed by atoms with Gasteiger partial charge < -0.3 is 34.9 Å². The van der Waals surface area contributed by atoms with Crippen molar-refractivity contribution < 1.29 is 42.2 Å². The van der Waals surface area contributed by atoms with Crippen LogP contribution in [0.1, 0.15) is 113 Å². The summed E-state index contributed by atoms with van der Waals surface area (Å²) in [6.45, 7) is 8.15. The Morgan fingerprint density at radius 3 is 2.53 bits per heavy atom. The lowest BCUT2D eigenvalue weighted by Gasteiger charge is -2.56. The van der Waals surface area contributed by atoms with E-state index in [1.54, 1.807) is 19.1 Å². The molecule has 2 atom stereocenters. The third-order valence-corrected chi connectivity index (χ3v) is 16.7. The van der Waals surface area contributed by atoms with Crippen molar-refractivity contribution in [3.05, 3.63) is 106 Å². The van der Waals surface area contributed by atoms with E-state index < -0.39 is 48.5 Å². The molecule has 5 aliphatic rings. The fourth-order valence-corrected chi connectivity index (χ4v) is 12.5. The summed E-state index contributed by atoms with van der Waals surface area (Å²) < 4.78 is 56.9. The number of benzene rings is 3. The van der Waals surface area contributed by atoms with E-state index in [9.17, 15) is 37.9 Å². The Labute approximate surface area is 394 Å². The molecular formula is C50H58FN7O9S. The number of H-pyrrole nitrogens is 1. The van der Waals surface area contributed by atoms with Crippen LogP contribution in [0.5, 0.6) is 17.2 Å². The van der Waals surface area contributed by atoms with Gasteiger partial charge in [0.25, 0.3) is 21.6 Å². The van der Waals surface area contributed by atoms with E-state index in [1.165, 1.54) is 30.1 Å². The number of amides is 1. The van der Waals surface area contributed by atoms with E-state index in [4.69, 9.17) is 9.47 Å². The first kappa shape index (κ1) is 45.9. The minimum Gasteiger partial charge on any atom is -0.489 e. The Morgan fingerprint density at radius 2 is 1.79 bits per heavy atom. The number of hydrogen-bond acceptors (Lipinski definition) is 13. The van der Waals surface area contributed by atoms with Crippen LogP contribution in [0, 0.1) is 27.3 Å². The topological polar surface area (TPSA) is 212 Å². The number of nitro benzene ring substituents is 1. The largest absolute Gasteiger partial charge is 0.489 e. The van der Waals surface area contributed by atoms with Crippen LogP contribution in [0.15, 0.2) is 78.0 Å². The van der Waals surface area contributed by atoms with E-state index in [0.717, 1.165) is 81.5 Å². The summed E-state index contributed by atoms with van der Waals surface area (Å²) in [6, 6.07) is 17.1. The summed E-state index contributed by atoms with van der Waals surface area (Å²) in [7, 11) is -4.73. The number of ether oxygens (including phenoxy) is 2. The van der Waals surface area contributed by atoms with Gasteiger partial charge in [0.2, 0.25) is 0 Å². The lowest BCUT2D eigenvalue weighted by atomic mass is 9.59. The van der Waals surface area contributed by atoms with Crippen molar-refractivity contribution in [3.63, 3.8) is 0 Å². The molecule has 0 unspecified atom stereocenters. The lowest BCUT2D eigenvalue weighted by molar-refractivity contribution is -0.384. The number of fused-ring (bicyclic) bond motifs is 2. The van der Waals surface area contributed by atoms with E-state index in [2.05, 4.69) is 41.9 Å². The Bertz CT molecular complexity index is 2880. The molecule has 18 heteroatoms. The van der Waals surface area contributed by atoms with Crippen LogP contribution in [0.3, 0.4) is 0 Å². The lowest BCUT2D eigenvalue weighted by Crippen LogP contribution is -2.55. The number of anilines is 2. The van der Waals surface area contributed by atoms with E-state index in [0.29, 0.717) is 37.4 Å². The number of carbonyl (C=O) groups is 1. The maximum absolute atomic E-state index is 14.7. The molecule has 10 rings (SSSR count). The Morgan fingerprint density at radius 1 is 1.04 bits per heavy atom. The number of sulfonamides is 1. The van der Waals surface area contributed by atoms with Gasteiger partial charge in [-0.1, -0.05) is 24.3 Å². The first-order valence-corrected chi connectivity index (χ1v) is 25.1. The number of nitrogens with one attached hydrogen (secondary N) is 3. The highest BCUT2D eigenvalue weighted by molar-refractivity contribution is 7.90. The van der Waals surface area contributed by atoms with Gasteiger partial charge in [0.05, 0.1) is 44.2 Å². The molecule has 1 amide bonds. The van der Waals surface area contributed by atoms with Gasteiger partial charge in [-0.25, -0.2) is 22.5 Å². The van der Waals surface area contributed by atoms with Crippen LogP contribution in [-0.2, 0) is 15.6 Å². The van der Waals surface area contributed by atoms with Gasteiger partial charge in [-0.15, -0.1) is 0 Å². The summed E-state index contributed by atoms with van der Waals surface area (Å²) in [5, 5.41) is 37.2. The third kappa shape index (κ3) is 8.87. The van der Waals surface area contributed by atoms with Crippen molar-refractivity contribution in [1.82, 2.24) is 19.6 Å². The molecule has 0 bridgehead atoms. The van der Waals surface area contributed by atoms with Crippen molar-refractivity contribution in [3.8, 4) is 17.2 Å². The molecule has 1 spiro atoms. The van der Waals surface area contributed by atoms with Crippen molar-refractivity contribution in [2.45, 2.75) is 119 Å². The first-order valence-electron chi connectivity index (χ1n) is 23.6. The molecule has 5 aromatic rings. The number of aromatic amines is 1. The summed E-state index contributed by atoms with van der Waals surface area (Å²) in [6.07, 6.45) is 11.4. The van der Waals surface area contributed by atoms with Crippen LogP contribution in [0.25, 0.3) is 11.0 Å². The summed E-state index contributed by atoms with van der Waals surface area (Å²) in [5.41, 5.74) is 1.13. The Kier molecular flexibility index (Phi) is 11.7. The van der Waals surface area contributed by atoms with Crippen molar-refractivity contribution in [2.24, 2.45) is 11.3 Å². The SMILES string of the molecule is CC(C)(O)c1ccccc1[C@H]1CCCN1C1CC2(CCN(c3ccc(C(=O)NS(=O)(=O)c4cc5c(c([N+](=O)[O-])c4)N[C@@H]([C@H]4CC[C@](C)(O)CC4)CO5)c(Oc4cnc5[nH]cc(F)c5c4)c3)CC2)C1. The van der Waals surface area contributed by atoms with Crippen molar-refractivity contribution in [2.75, 3.05) is 36.5 Å². The fourth-order valence-electron chi connectivity index (χ4n) is 11.5. The predicted molar refractivity (Wildman–Crippen MR) is 253 cm³/mol. The second kappa shape index (κ2) is 17.3. The van der Waals surface area contributed by atoms with Crippen molar-refractivity contribution in [1.29, 1.82) is 0 Å². The predicted octanol–water partition coefficient (Wildman–Crippen LogP) is 8.45. The van der Waals surface area contributed by atoms with Gasteiger partial charge in [0.15, 0.2) is 11.4 Å². The number of nitro groups is 1. The molecule has 2 aromatic heterocycles. The molecule has 5 heterocycles. The number of piperidine rings is 1. The molecule has 4 fully saturated rings. The fraction of sp³-hybridized carbons (Fsp3) is 0.480. The number of aliphatic hydroxyl groups is 2. The van der Waals surface area contributed by atoms with Crippen molar-refractivity contribution >= 4 is 44.0 Å². The average molecular weight is 952 g/mol. The van der Waals surface area contributed by atoms with Gasteiger partial charge in [-0.2, -0.15) is 0 Å². The van der Waals surface area contributed by atoms with Gasteiger partial charge in [-0.05, 0) is 132 Å². The minimum absolute atomic E-state index is 0.00178. The molecule has 3 aliphatic heterocycles. The standard InChI is InChI=1S/C50H58FN7O9S/c1-48(2,60)38-8-5-4-7-35(38)41-9-6-18-57(41)32-25-50(26-32)16-19-56(20-17-50)31-10-11-36(43(21-31)67-33-22-37-39(51)28-53-46(37)52-27-33)47(59)55-68(64,65)34-23-42(58(62)63)45-44(24-34)66-29-40(54-45)30-12-14-49(3,61)15-13-30/h4-5,7-8,10-11,21-24,27-28,30,32,40-41,54,60-61H,6,9,12-20,25-26,29H2,1-3H3,(H,52,53)(H,55,59)/t30-,40-,41-,49-/m1/s1. The zero-order chi connectivity index (χ0) is 47.8.